The molecule has 2 aromatic rings. The number of rotatable bonds is 3. The average Bonchev–Trinajstić information content (AvgIpc) is 2.49. The fourth-order valence-electron chi connectivity index (χ4n) is 1.83. The molecule has 1 aromatic heterocycles. The zero-order valence-electron chi connectivity index (χ0n) is 13.9. The Morgan fingerprint density at radius 1 is 0.960 bits per heavy atom. The zero-order chi connectivity index (χ0) is 18.6. The van der Waals surface area contributed by atoms with Gasteiger partial charge in [-0.1, -0.05) is 23.2 Å². The first-order valence-corrected chi connectivity index (χ1v) is 8.13. The van der Waals surface area contributed by atoms with E-state index in [0.717, 1.165) is 0 Å². The van der Waals surface area contributed by atoms with Crippen molar-refractivity contribution in [3.8, 4) is 0 Å². The van der Waals surface area contributed by atoms with Crippen molar-refractivity contribution in [2.75, 3.05) is 10.6 Å². The van der Waals surface area contributed by atoms with Crippen molar-refractivity contribution in [2.24, 2.45) is 0 Å². The molecule has 0 fully saturated rings. The lowest BCUT2D eigenvalue weighted by molar-refractivity contribution is 0.0635. The van der Waals surface area contributed by atoms with E-state index in [-0.39, 0.29) is 15.9 Å². The summed E-state index contributed by atoms with van der Waals surface area (Å²) in [5.41, 5.74) is 0.496. The van der Waals surface area contributed by atoms with Gasteiger partial charge in [-0.05, 0) is 57.2 Å². The summed E-state index contributed by atoms with van der Waals surface area (Å²) < 4.78 is 5.16. The van der Waals surface area contributed by atoms with Crippen molar-refractivity contribution in [1.29, 1.82) is 0 Å². The molecule has 0 saturated heterocycles. The van der Waals surface area contributed by atoms with Crippen LogP contribution in [-0.2, 0) is 4.74 Å². The van der Waals surface area contributed by atoms with Gasteiger partial charge in [-0.25, -0.2) is 9.78 Å². The molecule has 8 heteroatoms. The molecule has 2 N–H and O–H groups in total. The SMILES string of the molecule is CC(C)(C)OC(=O)Nc1ccc(NC(=O)c2nc(Cl)ccc2Cl)cc1. The molecule has 132 valence electrons. The molecule has 0 atom stereocenters. The Morgan fingerprint density at radius 3 is 2.08 bits per heavy atom. The minimum atomic E-state index is -0.582. The van der Waals surface area contributed by atoms with Crippen LogP contribution in [0.25, 0.3) is 0 Å². The summed E-state index contributed by atoms with van der Waals surface area (Å²) in [4.78, 5) is 27.8. The Balaban J connectivity index is 2.01. The minimum Gasteiger partial charge on any atom is -0.444 e. The number of nitrogens with zero attached hydrogens (tertiary/aromatic N) is 1. The quantitative estimate of drug-likeness (QED) is 0.733. The van der Waals surface area contributed by atoms with Crippen molar-refractivity contribution in [1.82, 2.24) is 4.98 Å². The number of carbonyl (C=O) groups is 2. The van der Waals surface area contributed by atoms with E-state index in [0.29, 0.717) is 11.4 Å². The third-order valence-corrected chi connectivity index (χ3v) is 3.33. The molecule has 0 saturated carbocycles. The fourth-order valence-corrected chi connectivity index (χ4v) is 2.16. The lowest BCUT2D eigenvalue weighted by atomic mass is 10.2. The van der Waals surface area contributed by atoms with Crippen LogP contribution < -0.4 is 10.6 Å². The van der Waals surface area contributed by atoms with E-state index in [9.17, 15) is 9.59 Å². The molecule has 6 nitrogen and oxygen atoms in total. The van der Waals surface area contributed by atoms with Gasteiger partial charge in [0.25, 0.3) is 5.91 Å². The number of pyridine rings is 1. The van der Waals surface area contributed by atoms with Crippen LogP contribution in [0.2, 0.25) is 10.2 Å². The molecule has 0 unspecified atom stereocenters. The van der Waals surface area contributed by atoms with Gasteiger partial charge in [0.15, 0.2) is 0 Å². The predicted molar refractivity (Wildman–Crippen MR) is 98.5 cm³/mol. The van der Waals surface area contributed by atoms with Gasteiger partial charge < -0.3 is 10.1 Å². The largest absolute Gasteiger partial charge is 0.444 e. The van der Waals surface area contributed by atoms with Gasteiger partial charge in [0.1, 0.15) is 16.4 Å². The van der Waals surface area contributed by atoms with E-state index in [2.05, 4.69) is 15.6 Å². The molecule has 0 bridgehead atoms. The minimum absolute atomic E-state index is 0.0325. The highest BCUT2D eigenvalue weighted by Crippen LogP contribution is 2.20. The maximum Gasteiger partial charge on any atom is 0.412 e. The summed E-state index contributed by atoms with van der Waals surface area (Å²) >= 11 is 11.7. The van der Waals surface area contributed by atoms with Crippen LogP contribution in [0.4, 0.5) is 16.2 Å². The molecular formula is C17H17Cl2N3O3. The van der Waals surface area contributed by atoms with E-state index < -0.39 is 17.6 Å². The monoisotopic (exact) mass is 381 g/mol. The first-order chi connectivity index (χ1) is 11.6. The van der Waals surface area contributed by atoms with Crippen molar-refractivity contribution in [2.45, 2.75) is 26.4 Å². The third-order valence-electron chi connectivity index (χ3n) is 2.82. The molecule has 0 aliphatic rings. The van der Waals surface area contributed by atoms with Crippen LogP contribution in [-0.4, -0.2) is 22.6 Å². The summed E-state index contributed by atoms with van der Waals surface area (Å²) in [6.45, 7) is 5.33. The van der Waals surface area contributed by atoms with E-state index in [1.807, 2.05) is 0 Å². The second kappa shape index (κ2) is 7.72. The van der Waals surface area contributed by atoms with Crippen LogP contribution in [0, 0.1) is 0 Å². The molecule has 0 aliphatic carbocycles. The zero-order valence-corrected chi connectivity index (χ0v) is 15.4. The maximum atomic E-state index is 12.2. The van der Waals surface area contributed by atoms with Crippen molar-refractivity contribution >= 4 is 46.6 Å². The Bertz CT molecular complexity index is 787. The number of aromatic nitrogens is 1. The molecule has 2 rings (SSSR count). The number of amides is 2. The Morgan fingerprint density at radius 2 is 1.52 bits per heavy atom. The summed E-state index contributed by atoms with van der Waals surface area (Å²) in [6.07, 6.45) is -0.556. The van der Waals surface area contributed by atoms with Crippen LogP contribution in [0.1, 0.15) is 31.3 Å². The number of nitrogens with one attached hydrogen (secondary N) is 2. The van der Waals surface area contributed by atoms with Crippen LogP contribution in [0.3, 0.4) is 0 Å². The molecular weight excluding hydrogens is 365 g/mol. The molecule has 0 aliphatic heterocycles. The summed E-state index contributed by atoms with van der Waals surface area (Å²) in [5, 5.41) is 5.63. The summed E-state index contributed by atoms with van der Waals surface area (Å²) in [6, 6.07) is 9.52. The Hall–Kier alpha value is -2.31. The number of anilines is 2. The van der Waals surface area contributed by atoms with E-state index in [4.69, 9.17) is 27.9 Å². The Kier molecular flexibility index (Phi) is 5.87. The molecule has 0 spiro atoms. The highest BCUT2D eigenvalue weighted by atomic mass is 35.5. The highest BCUT2D eigenvalue weighted by molar-refractivity contribution is 6.35. The standard InChI is InChI=1S/C17H17Cl2N3O3/c1-17(2,3)25-16(24)21-11-6-4-10(5-7-11)20-15(23)14-12(18)8-9-13(19)22-14/h4-9H,1-3H3,(H,20,23)(H,21,24). The molecule has 1 aromatic carbocycles. The molecule has 2 amide bonds. The molecule has 25 heavy (non-hydrogen) atoms. The van der Waals surface area contributed by atoms with Crippen molar-refractivity contribution in [3.63, 3.8) is 0 Å². The molecule has 0 radical (unpaired) electrons. The first kappa shape index (κ1) is 19.0. The number of hydrogen-bond donors (Lipinski definition) is 2. The van der Waals surface area contributed by atoms with Gasteiger partial charge in [-0.15, -0.1) is 0 Å². The number of halogens is 2. The topological polar surface area (TPSA) is 80.3 Å². The van der Waals surface area contributed by atoms with Gasteiger partial charge in [-0.2, -0.15) is 0 Å². The third kappa shape index (κ3) is 5.92. The predicted octanol–water partition coefficient (Wildman–Crippen LogP) is 4.99. The summed E-state index contributed by atoms with van der Waals surface area (Å²) in [5.74, 6) is -0.486. The van der Waals surface area contributed by atoms with Gasteiger partial charge >= 0.3 is 6.09 Å². The van der Waals surface area contributed by atoms with Crippen LogP contribution in [0.5, 0.6) is 0 Å². The average molecular weight is 382 g/mol. The lowest BCUT2D eigenvalue weighted by Gasteiger charge is -2.19. The number of benzene rings is 1. The van der Waals surface area contributed by atoms with Crippen molar-refractivity contribution < 1.29 is 14.3 Å². The van der Waals surface area contributed by atoms with Crippen LogP contribution in [0.15, 0.2) is 36.4 Å². The second-order valence-corrected chi connectivity index (χ2v) is 6.92. The van der Waals surface area contributed by atoms with E-state index in [1.54, 1.807) is 45.0 Å². The summed E-state index contributed by atoms with van der Waals surface area (Å²) in [7, 11) is 0. The van der Waals surface area contributed by atoms with Gasteiger partial charge in [-0.3, -0.25) is 10.1 Å². The van der Waals surface area contributed by atoms with Crippen molar-refractivity contribution in [3.05, 3.63) is 52.3 Å². The van der Waals surface area contributed by atoms with E-state index >= 15 is 0 Å². The highest BCUT2D eigenvalue weighted by Gasteiger charge is 2.16. The van der Waals surface area contributed by atoms with Gasteiger partial charge in [0, 0.05) is 11.4 Å². The first-order valence-electron chi connectivity index (χ1n) is 7.37. The lowest BCUT2D eigenvalue weighted by Crippen LogP contribution is -2.27. The van der Waals surface area contributed by atoms with E-state index in [1.165, 1.54) is 12.1 Å². The smallest absolute Gasteiger partial charge is 0.412 e. The number of ether oxygens (including phenoxy) is 1. The second-order valence-electron chi connectivity index (χ2n) is 6.12. The molecule has 1 heterocycles. The van der Waals surface area contributed by atoms with Crippen LogP contribution >= 0.6 is 23.2 Å². The van der Waals surface area contributed by atoms with Gasteiger partial charge in [0.05, 0.1) is 5.02 Å². The fraction of sp³-hybridized carbons (Fsp3) is 0.235. The van der Waals surface area contributed by atoms with Gasteiger partial charge in [0.2, 0.25) is 0 Å². The number of hydrogen-bond acceptors (Lipinski definition) is 4. The number of carbonyl (C=O) groups excluding carboxylic acids is 2. The maximum absolute atomic E-state index is 12.2. The normalized spacial score (nSPS) is 10.9. The Labute approximate surface area is 155 Å².